The lowest BCUT2D eigenvalue weighted by Crippen LogP contribution is -2.19. The molecule has 0 bridgehead atoms. The van der Waals surface area contributed by atoms with E-state index in [-0.39, 0.29) is 5.82 Å². The number of pyridine rings is 3. The number of benzene rings is 1. The average Bonchev–Trinajstić information content (AvgIpc) is 3.52. The van der Waals surface area contributed by atoms with Crippen molar-refractivity contribution in [2.75, 3.05) is 27.2 Å². The maximum atomic E-state index is 14.5. The highest BCUT2D eigenvalue weighted by Gasteiger charge is 2.16. The van der Waals surface area contributed by atoms with Gasteiger partial charge < -0.3 is 14.6 Å². The van der Waals surface area contributed by atoms with Crippen molar-refractivity contribution < 1.29 is 9.13 Å². The highest BCUT2D eigenvalue weighted by atomic mass is 19.1. The molecule has 0 spiro atoms. The molecule has 184 valence electrons. The topological polar surface area (TPSA) is 95.6 Å². The monoisotopic (exact) mass is 493 g/mol. The van der Waals surface area contributed by atoms with E-state index in [0.29, 0.717) is 23.6 Å². The van der Waals surface area contributed by atoms with Crippen LogP contribution in [-0.4, -0.2) is 62.3 Å². The fourth-order valence-corrected chi connectivity index (χ4v) is 4.37. The van der Waals surface area contributed by atoms with Gasteiger partial charge in [-0.05, 0) is 61.6 Å². The Hall–Kier alpha value is -4.63. The Kier molecular flexibility index (Phi) is 5.82. The molecule has 0 radical (unpaired) electrons. The molecule has 6 aromatic rings. The normalized spacial score (nSPS) is 11.6. The van der Waals surface area contributed by atoms with Crippen LogP contribution in [0.3, 0.4) is 0 Å². The largest absolute Gasteiger partial charge is 0.492 e. The number of nitrogens with zero attached hydrogens (tertiary/aromatic N) is 5. The van der Waals surface area contributed by atoms with Gasteiger partial charge in [-0.15, -0.1) is 0 Å². The minimum atomic E-state index is -0.362. The first-order valence-corrected chi connectivity index (χ1v) is 11.9. The summed E-state index contributed by atoms with van der Waals surface area (Å²) in [6.45, 7) is 1.20. The summed E-state index contributed by atoms with van der Waals surface area (Å²) in [4.78, 5) is 18.5. The van der Waals surface area contributed by atoms with Gasteiger partial charge in [-0.3, -0.25) is 15.1 Å². The summed E-state index contributed by atoms with van der Waals surface area (Å²) < 4.78 is 20.3. The lowest BCUT2D eigenvalue weighted by atomic mass is 10.0. The molecule has 0 amide bonds. The van der Waals surface area contributed by atoms with Gasteiger partial charge >= 0.3 is 0 Å². The summed E-state index contributed by atoms with van der Waals surface area (Å²) in [7, 11) is 3.93. The Bertz CT molecular complexity index is 1710. The van der Waals surface area contributed by atoms with Gasteiger partial charge in [0.25, 0.3) is 0 Å². The molecule has 5 heterocycles. The van der Waals surface area contributed by atoms with E-state index in [4.69, 9.17) is 4.74 Å². The van der Waals surface area contributed by atoms with Crippen molar-refractivity contribution in [1.29, 1.82) is 0 Å². The summed E-state index contributed by atoms with van der Waals surface area (Å²) in [6, 6.07) is 12.7. The summed E-state index contributed by atoms with van der Waals surface area (Å²) >= 11 is 0. The van der Waals surface area contributed by atoms with E-state index in [0.717, 1.165) is 50.9 Å². The molecular weight excluding hydrogens is 469 g/mol. The third-order valence-electron chi connectivity index (χ3n) is 6.23. The zero-order valence-electron chi connectivity index (χ0n) is 20.4. The van der Waals surface area contributed by atoms with E-state index in [1.165, 1.54) is 12.1 Å². The Morgan fingerprint density at radius 1 is 0.892 bits per heavy atom. The van der Waals surface area contributed by atoms with E-state index in [1.54, 1.807) is 31.0 Å². The van der Waals surface area contributed by atoms with Crippen LogP contribution in [0, 0.1) is 5.82 Å². The Morgan fingerprint density at radius 2 is 1.76 bits per heavy atom. The predicted octanol–water partition coefficient (Wildman–Crippen LogP) is 5.31. The molecule has 0 fully saturated rings. The van der Waals surface area contributed by atoms with Gasteiger partial charge in [-0.2, -0.15) is 5.10 Å². The lowest BCUT2D eigenvalue weighted by molar-refractivity contribution is 0.260. The number of nitrogens with one attached hydrogen (secondary N) is 2. The van der Waals surface area contributed by atoms with Gasteiger partial charge in [0.1, 0.15) is 18.2 Å². The number of fused-ring (bicyclic) bond motifs is 2. The van der Waals surface area contributed by atoms with Crippen LogP contribution in [0.5, 0.6) is 5.75 Å². The molecule has 37 heavy (non-hydrogen) atoms. The van der Waals surface area contributed by atoms with Crippen molar-refractivity contribution in [3.05, 3.63) is 79.3 Å². The first kappa shape index (κ1) is 22.8. The summed E-state index contributed by atoms with van der Waals surface area (Å²) in [5.41, 5.74) is 6.58. The molecule has 0 saturated heterocycles. The molecule has 2 N–H and O–H groups in total. The number of hydrogen-bond acceptors (Lipinski definition) is 6. The van der Waals surface area contributed by atoms with Crippen LogP contribution in [0.15, 0.2) is 73.4 Å². The Morgan fingerprint density at radius 3 is 2.59 bits per heavy atom. The first-order chi connectivity index (χ1) is 18.0. The minimum absolute atomic E-state index is 0.362. The van der Waals surface area contributed by atoms with Gasteiger partial charge in [0.05, 0.1) is 23.1 Å². The Balaban J connectivity index is 1.41. The van der Waals surface area contributed by atoms with Gasteiger partial charge in [-0.25, -0.2) is 9.37 Å². The first-order valence-electron chi connectivity index (χ1n) is 11.9. The molecule has 8 nitrogen and oxygen atoms in total. The van der Waals surface area contributed by atoms with Crippen LogP contribution in [0.2, 0.25) is 0 Å². The average molecular weight is 494 g/mol. The van der Waals surface area contributed by atoms with E-state index in [1.807, 2.05) is 43.3 Å². The number of aromatic amines is 2. The van der Waals surface area contributed by atoms with Crippen LogP contribution in [-0.2, 0) is 0 Å². The second-order valence-corrected chi connectivity index (χ2v) is 9.09. The number of ether oxygens (including phenoxy) is 1. The van der Waals surface area contributed by atoms with Crippen molar-refractivity contribution in [2.45, 2.75) is 0 Å². The third-order valence-corrected chi connectivity index (χ3v) is 6.23. The molecule has 0 unspecified atom stereocenters. The molecule has 9 heteroatoms. The molecule has 5 aromatic heterocycles. The molecule has 6 rings (SSSR count). The smallest absolute Gasteiger partial charge is 0.181 e. The zero-order valence-corrected chi connectivity index (χ0v) is 20.4. The number of likely N-dealkylation sites (N-methyl/N-ethyl adjacent to an activating group) is 1. The van der Waals surface area contributed by atoms with Crippen molar-refractivity contribution in [3.63, 3.8) is 0 Å². The molecule has 0 aliphatic heterocycles. The van der Waals surface area contributed by atoms with E-state index < -0.39 is 0 Å². The number of hydrogen-bond donors (Lipinski definition) is 2. The van der Waals surface area contributed by atoms with Gasteiger partial charge in [0.2, 0.25) is 0 Å². The molecule has 0 saturated carbocycles. The molecule has 1 aromatic carbocycles. The molecule has 0 aliphatic carbocycles. The standard InChI is InChI=1S/C28H24FN7O/c1-36(2)7-8-37-21-10-18(9-20(29)12-21)24-15-31-16-26-22(24)13-25(33-26)27-23-11-19(14-32-28(23)35-34-27)17-3-5-30-6-4-17/h3-6,9-16,33H,7-8H2,1-2H3,(H,32,34,35). The fourth-order valence-electron chi connectivity index (χ4n) is 4.37. The maximum absolute atomic E-state index is 14.5. The summed E-state index contributed by atoms with van der Waals surface area (Å²) in [6.07, 6.45) is 8.82. The summed E-state index contributed by atoms with van der Waals surface area (Å²) in [5, 5.41) is 9.31. The fraction of sp³-hybridized carbons (Fsp3) is 0.143. The summed E-state index contributed by atoms with van der Waals surface area (Å²) in [5.74, 6) is 0.123. The van der Waals surface area contributed by atoms with Crippen LogP contribution in [0.25, 0.3) is 55.6 Å². The lowest BCUT2D eigenvalue weighted by Gasteiger charge is -2.12. The Labute approximate surface area is 212 Å². The van der Waals surface area contributed by atoms with Gasteiger partial charge in [-0.1, -0.05) is 0 Å². The minimum Gasteiger partial charge on any atom is -0.492 e. The van der Waals surface area contributed by atoms with E-state index in [2.05, 4.69) is 36.2 Å². The maximum Gasteiger partial charge on any atom is 0.181 e. The van der Waals surface area contributed by atoms with Crippen molar-refractivity contribution in [1.82, 2.24) is 35.0 Å². The van der Waals surface area contributed by atoms with Crippen molar-refractivity contribution in [2.24, 2.45) is 0 Å². The quantitative estimate of drug-likeness (QED) is 0.313. The highest BCUT2D eigenvalue weighted by Crippen LogP contribution is 2.35. The molecule has 0 atom stereocenters. The zero-order chi connectivity index (χ0) is 25.4. The van der Waals surface area contributed by atoms with Crippen molar-refractivity contribution >= 4 is 21.9 Å². The number of aromatic nitrogens is 6. The van der Waals surface area contributed by atoms with Crippen LogP contribution >= 0.6 is 0 Å². The second-order valence-electron chi connectivity index (χ2n) is 9.09. The van der Waals surface area contributed by atoms with Crippen LogP contribution in [0.4, 0.5) is 4.39 Å². The molecule has 0 aliphatic rings. The predicted molar refractivity (Wildman–Crippen MR) is 142 cm³/mol. The number of H-pyrrole nitrogens is 2. The SMILES string of the molecule is CN(C)CCOc1cc(F)cc(-c2cncc3[nH]c(-c4[nH]nc5ncc(-c6ccncc6)cc45)cc23)c1. The highest BCUT2D eigenvalue weighted by molar-refractivity contribution is 6.00. The second kappa shape index (κ2) is 9.44. The van der Waals surface area contributed by atoms with E-state index >= 15 is 0 Å². The van der Waals surface area contributed by atoms with E-state index in [9.17, 15) is 4.39 Å². The number of rotatable bonds is 7. The number of halogens is 1. The third kappa shape index (κ3) is 4.52. The van der Waals surface area contributed by atoms with Crippen LogP contribution < -0.4 is 4.74 Å². The van der Waals surface area contributed by atoms with Gasteiger partial charge in [0.15, 0.2) is 5.65 Å². The van der Waals surface area contributed by atoms with Crippen LogP contribution in [0.1, 0.15) is 0 Å². The van der Waals surface area contributed by atoms with Crippen molar-refractivity contribution in [3.8, 4) is 39.4 Å². The molecular formula is C28H24FN7O. The van der Waals surface area contributed by atoms with Gasteiger partial charge in [0, 0.05) is 59.3 Å².